The smallest absolute Gasteiger partial charge is 0.0346 e. The number of nitrogens with zero attached hydrogens (tertiary/aromatic N) is 2. The zero-order valence-corrected chi connectivity index (χ0v) is 13.2. The van der Waals surface area contributed by atoms with E-state index in [1.807, 2.05) is 24.3 Å². The summed E-state index contributed by atoms with van der Waals surface area (Å²) in [6, 6.07) is 19.5. The van der Waals surface area contributed by atoms with Crippen molar-refractivity contribution in [3.63, 3.8) is 0 Å². The van der Waals surface area contributed by atoms with Crippen LogP contribution in [0.4, 0.5) is 0 Å². The van der Waals surface area contributed by atoms with Crippen molar-refractivity contribution in [1.82, 2.24) is 9.29 Å². The second kappa shape index (κ2) is 6.11. The van der Waals surface area contributed by atoms with Crippen LogP contribution in [0.25, 0.3) is 10.8 Å². The van der Waals surface area contributed by atoms with E-state index in [9.17, 15) is 0 Å². The molecule has 0 amide bonds. The van der Waals surface area contributed by atoms with Crippen molar-refractivity contribution in [2.45, 2.75) is 17.2 Å². The summed E-state index contributed by atoms with van der Waals surface area (Å²) in [4.78, 5) is 5.54. The fraction of sp³-hybridized carbons (Fsp3) is 0.211. The van der Waals surface area contributed by atoms with E-state index in [4.69, 9.17) is 0 Å². The summed E-state index contributed by atoms with van der Waals surface area (Å²) in [5, 5.41) is 2.51. The first-order chi connectivity index (χ1) is 10.9. The first-order valence-electron chi connectivity index (χ1n) is 7.71. The van der Waals surface area contributed by atoms with E-state index in [1.165, 1.54) is 27.7 Å². The third-order valence-electron chi connectivity index (χ3n) is 4.29. The van der Waals surface area contributed by atoms with Gasteiger partial charge in [0.2, 0.25) is 0 Å². The van der Waals surface area contributed by atoms with Gasteiger partial charge in [-0.05, 0) is 47.4 Å². The van der Waals surface area contributed by atoms with Crippen molar-refractivity contribution in [3.8, 4) is 0 Å². The van der Waals surface area contributed by atoms with E-state index in [2.05, 4.69) is 63.9 Å². The number of fused-ring (bicyclic) bond motifs is 1. The number of rotatable bonds is 3. The Labute approximate surface area is 135 Å². The molecule has 0 aliphatic carbocycles. The van der Waals surface area contributed by atoms with E-state index in [0.29, 0.717) is 5.92 Å². The number of hydrogen-bond acceptors (Lipinski definition) is 3. The highest BCUT2D eigenvalue weighted by Crippen LogP contribution is 2.36. The SMILES string of the molecule is c1ccc(C2CCN(Sc3cccc4cnccc34)C2)cc1. The van der Waals surface area contributed by atoms with E-state index >= 15 is 0 Å². The van der Waals surface area contributed by atoms with Gasteiger partial charge in [-0.1, -0.05) is 42.5 Å². The molecule has 22 heavy (non-hydrogen) atoms. The largest absolute Gasteiger partial charge is 0.264 e. The second-order valence-corrected chi connectivity index (χ2v) is 6.87. The van der Waals surface area contributed by atoms with Crippen LogP contribution >= 0.6 is 11.9 Å². The van der Waals surface area contributed by atoms with Crippen molar-refractivity contribution < 1.29 is 0 Å². The van der Waals surface area contributed by atoms with Crippen molar-refractivity contribution in [2.75, 3.05) is 13.1 Å². The van der Waals surface area contributed by atoms with Crippen LogP contribution in [0, 0.1) is 0 Å². The predicted octanol–water partition coefficient (Wildman–Crippen LogP) is 4.73. The van der Waals surface area contributed by atoms with Crippen molar-refractivity contribution in [2.24, 2.45) is 0 Å². The van der Waals surface area contributed by atoms with Crippen LogP contribution in [0.15, 0.2) is 71.9 Å². The van der Waals surface area contributed by atoms with Gasteiger partial charge in [-0.15, -0.1) is 0 Å². The van der Waals surface area contributed by atoms with Crippen molar-refractivity contribution in [3.05, 3.63) is 72.6 Å². The molecule has 2 nitrogen and oxygen atoms in total. The van der Waals surface area contributed by atoms with Gasteiger partial charge in [-0.2, -0.15) is 0 Å². The Balaban J connectivity index is 1.52. The summed E-state index contributed by atoms with van der Waals surface area (Å²) >= 11 is 1.88. The lowest BCUT2D eigenvalue weighted by molar-refractivity contribution is 0.575. The maximum Gasteiger partial charge on any atom is 0.0346 e. The third-order valence-corrected chi connectivity index (χ3v) is 5.43. The zero-order chi connectivity index (χ0) is 14.8. The molecule has 0 bridgehead atoms. The van der Waals surface area contributed by atoms with Gasteiger partial charge < -0.3 is 0 Å². The van der Waals surface area contributed by atoms with Crippen LogP contribution in [0.1, 0.15) is 17.9 Å². The van der Waals surface area contributed by atoms with E-state index in [1.54, 1.807) is 0 Å². The predicted molar refractivity (Wildman–Crippen MR) is 93.0 cm³/mol. The van der Waals surface area contributed by atoms with Crippen molar-refractivity contribution >= 4 is 22.7 Å². The van der Waals surface area contributed by atoms with Gasteiger partial charge in [0.25, 0.3) is 0 Å². The summed E-state index contributed by atoms with van der Waals surface area (Å²) < 4.78 is 2.49. The Kier molecular flexibility index (Phi) is 3.83. The van der Waals surface area contributed by atoms with Crippen LogP contribution in [0.3, 0.4) is 0 Å². The number of aromatic nitrogens is 1. The molecule has 1 aliphatic heterocycles. The topological polar surface area (TPSA) is 16.1 Å². The van der Waals surface area contributed by atoms with Crippen molar-refractivity contribution in [1.29, 1.82) is 0 Å². The van der Waals surface area contributed by atoms with Gasteiger partial charge in [-0.3, -0.25) is 4.98 Å². The Bertz CT molecular complexity index is 767. The maximum atomic E-state index is 4.21. The fourth-order valence-electron chi connectivity index (χ4n) is 3.12. The molecule has 2 heterocycles. The molecule has 3 aromatic rings. The molecule has 0 radical (unpaired) electrons. The first-order valence-corrected chi connectivity index (χ1v) is 8.48. The second-order valence-electron chi connectivity index (χ2n) is 5.73. The lowest BCUT2D eigenvalue weighted by Gasteiger charge is -2.16. The van der Waals surface area contributed by atoms with Gasteiger partial charge in [0.15, 0.2) is 0 Å². The summed E-state index contributed by atoms with van der Waals surface area (Å²) in [6.45, 7) is 2.27. The number of hydrogen-bond donors (Lipinski definition) is 0. The Hall–Kier alpha value is -1.84. The maximum absolute atomic E-state index is 4.21. The van der Waals surface area contributed by atoms with Gasteiger partial charge in [0.05, 0.1) is 0 Å². The minimum atomic E-state index is 0.658. The van der Waals surface area contributed by atoms with E-state index in [-0.39, 0.29) is 0 Å². The highest BCUT2D eigenvalue weighted by molar-refractivity contribution is 7.97. The van der Waals surface area contributed by atoms with Gasteiger partial charge in [0, 0.05) is 35.8 Å². The minimum absolute atomic E-state index is 0.658. The van der Waals surface area contributed by atoms with E-state index < -0.39 is 0 Å². The standard InChI is InChI=1S/C19H18N2S/c1-2-5-15(6-3-1)17-10-12-21(14-17)22-19-8-4-7-16-13-20-11-9-18(16)19/h1-9,11,13,17H,10,12,14H2. The average Bonchev–Trinajstić information content (AvgIpc) is 3.05. The van der Waals surface area contributed by atoms with Crippen LogP contribution < -0.4 is 0 Å². The fourth-order valence-corrected chi connectivity index (χ4v) is 4.27. The molecular formula is C19H18N2S. The summed E-state index contributed by atoms with van der Waals surface area (Å²) in [6.07, 6.45) is 5.06. The zero-order valence-electron chi connectivity index (χ0n) is 12.4. The molecule has 3 heteroatoms. The molecule has 0 N–H and O–H groups in total. The Morgan fingerprint density at radius 1 is 1.00 bits per heavy atom. The van der Waals surface area contributed by atoms with Crippen LogP contribution in [0.5, 0.6) is 0 Å². The average molecular weight is 306 g/mol. The van der Waals surface area contributed by atoms with Crippen LogP contribution in [-0.2, 0) is 0 Å². The third kappa shape index (κ3) is 2.74. The minimum Gasteiger partial charge on any atom is -0.264 e. The van der Waals surface area contributed by atoms with E-state index in [0.717, 1.165) is 13.1 Å². The quantitative estimate of drug-likeness (QED) is 0.651. The lowest BCUT2D eigenvalue weighted by atomic mass is 9.99. The molecule has 0 saturated carbocycles. The van der Waals surface area contributed by atoms with Crippen LogP contribution in [-0.4, -0.2) is 22.4 Å². The highest BCUT2D eigenvalue weighted by Gasteiger charge is 2.24. The highest BCUT2D eigenvalue weighted by atomic mass is 32.2. The van der Waals surface area contributed by atoms with Crippen LogP contribution in [0.2, 0.25) is 0 Å². The molecule has 1 fully saturated rings. The molecule has 1 saturated heterocycles. The number of pyridine rings is 1. The molecule has 1 aromatic heterocycles. The molecular weight excluding hydrogens is 288 g/mol. The summed E-state index contributed by atoms with van der Waals surface area (Å²) in [5.41, 5.74) is 1.47. The molecule has 1 aliphatic rings. The molecule has 0 spiro atoms. The van der Waals surface area contributed by atoms with Gasteiger partial charge >= 0.3 is 0 Å². The Morgan fingerprint density at radius 2 is 1.91 bits per heavy atom. The summed E-state index contributed by atoms with van der Waals surface area (Å²) in [5.74, 6) is 0.658. The Morgan fingerprint density at radius 3 is 2.82 bits per heavy atom. The lowest BCUT2D eigenvalue weighted by Crippen LogP contribution is -2.11. The molecule has 4 rings (SSSR count). The normalized spacial score (nSPS) is 18.8. The monoisotopic (exact) mass is 306 g/mol. The molecule has 1 atom stereocenters. The molecule has 110 valence electrons. The van der Waals surface area contributed by atoms with Gasteiger partial charge in [0.1, 0.15) is 0 Å². The van der Waals surface area contributed by atoms with Gasteiger partial charge in [-0.25, -0.2) is 4.31 Å². The number of benzene rings is 2. The summed E-state index contributed by atoms with van der Waals surface area (Å²) in [7, 11) is 0. The molecule has 1 unspecified atom stereocenters. The molecule has 2 aromatic carbocycles. The first kappa shape index (κ1) is 13.8.